The highest BCUT2D eigenvalue weighted by molar-refractivity contribution is 6.29. The van der Waals surface area contributed by atoms with Crippen molar-refractivity contribution in [3.05, 3.63) is 17.0 Å². The van der Waals surface area contributed by atoms with Gasteiger partial charge in [-0.05, 0) is 6.42 Å². The summed E-state index contributed by atoms with van der Waals surface area (Å²) in [5.74, 6) is 1.45. The van der Waals surface area contributed by atoms with Crippen molar-refractivity contribution in [3.63, 3.8) is 0 Å². The van der Waals surface area contributed by atoms with Gasteiger partial charge in [-0.25, -0.2) is 9.97 Å². The molecule has 102 valence electrons. The molecule has 1 unspecified atom stereocenters. The average molecular weight is 274 g/mol. The maximum absolute atomic E-state index is 9.68. The van der Waals surface area contributed by atoms with E-state index in [1.54, 1.807) is 13.2 Å². The summed E-state index contributed by atoms with van der Waals surface area (Å²) in [7, 11) is 3.41. The van der Waals surface area contributed by atoms with E-state index in [0.717, 1.165) is 18.7 Å². The Morgan fingerprint density at radius 3 is 2.83 bits per heavy atom. The lowest BCUT2D eigenvalue weighted by molar-refractivity contribution is 0.0694. The molecule has 0 aromatic carbocycles. The van der Waals surface area contributed by atoms with Crippen molar-refractivity contribution in [3.8, 4) is 0 Å². The fraction of sp³-hybridized carbons (Fsp3) is 0.667. The van der Waals surface area contributed by atoms with Gasteiger partial charge in [-0.2, -0.15) is 0 Å². The topological polar surface area (TPSA) is 58.5 Å². The number of rotatable bonds is 7. The van der Waals surface area contributed by atoms with Gasteiger partial charge in [0.15, 0.2) is 0 Å². The number of methoxy groups -OCH3 is 1. The molecule has 0 spiro atoms. The highest BCUT2D eigenvalue weighted by Gasteiger charge is 2.11. The number of aromatic nitrogens is 2. The Kier molecular flexibility index (Phi) is 6.32. The molecule has 6 heteroatoms. The highest BCUT2D eigenvalue weighted by atomic mass is 35.5. The number of anilines is 1. The van der Waals surface area contributed by atoms with Crippen molar-refractivity contribution in [1.82, 2.24) is 9.97 Å². The number of aliphatic hydroxyl groups excluding tert-OH is 1. The molecule has 5 nitrogen and oxygen atoms in total. The van der Waals surface area contributed by atoms with Gasteiger partial charge in [-0.1, -0.05) is 18.5 Å². The molecule has 1 aromatic heterocycles. The summed E-state index contributed by atoms with van der Waals surface area (Å²) in [6.45, 7) is 2.80. The van der Waals surface area contributed by atoms with Crippen LogP contribution in [0.15, 0.2) is 6.07 Å². The number of halogens is 1. The Morgan fingerprint density at radius 2 is 2.22 bits per heavy atom. The fourth-order valence-electron chi connectivity index (χ4n) is 1.64. The van der Waals surface area contributed by atoms with Crippen LogP contribution in [0.1, 0.15) is 19.2 Å². The van der Waals surface area contributed by atoms with Crippen LogP contribution >= 0.6 is 11.6 Å². The van der Waals surface area contributed by atoms with Crippen LogP contribution in [0.3, 0.4) is 0 Å². The van der Waals surface area contributed by atoms with Crippen molar-refractivity contribution < 1.29 is 9.84 Å². The predicted molar refractivity (Wildman–Crippen MR) is 72.2 cm³/mol. The highest BCUT2D eigenvalue weighted by Crippen LogP contribution is 2.16. The molecule has 0 aliphatic heterocycles. The van der Waals surface area contributed by atoms with Crippen LogP contribution in [-0.4, -0.2) is 48.5 Å². The molecule has 0 bridgehead atoms. The zero-order valence-electron chi connectivity index (χ0n) is 11.1. The molecule has 0 aliphatic rings. The zero-order valence-corrected chi connectivity index (χ0v) is 11.8. The molecular formula is C12H20ClN3O2. The lowest BCUT2D eigenvalue weighted by Gasteiger charge is -2.21. The van der Waals surface area contributed by atoms with Gasteiger partial charge >= 0.3 is 0 Å². The predicted octanol–water partition coefficient (Wildman–Crippen LogP) is 1.53. The maximum Gasteiger partial charge on any atom is 0.134 e. The second-order valence-electron chi connectivity index (χ2n) is 4.20. The second-order valence-corrected chi connectivity index (χ2v) is 4.59. The molecule has 1 N–H and O–H groups in total. The Morgan fingerprint density at radius 1 is 1.50 bits per heavy atom. The molecule has 0 amide bonds. The van der Waals surface area contributed by atoms with Crippen LogP contribution in [0, 0.1) is 0 Å². The first-order valence-electron chi connectivity index (χ1n) is 5.98. The first kappa shape index (κ1) is 15.1. The van der Waals surface area contributed by atoms with E-state index in [4.69, 9.17) is 16.3 Å². The molecule has 18 heavy (non-hydrogen) atoms. The SMILES string of the molecule is CCCc1nc(Cl)cc(N(C)CC(O)COC)n1. The molecule has 0 aliphatic carbocycles. The molecule has 1 rings (SSSR count). The van der Waals surface area contributed by atoms with Gasteiger partial charge in [0.05, 0.1) is 12.7 Å². The van der Waals surface area contributed by atoms with E-state index >= 15 is 0 Å². The first-order chi connectivity index (χ1) is 8.56. The summed E-state index contributed by atoms with van der Waals surface area (Å²) < 4.78 is 4.89. The summed E-state index contributed by atoms with van der Waals surface area (Å²) in [5, 5.41) is 10.1. The van der Waals surface area contributed by atoms with E-state index < -0.39 is 6.10 Å². The number of aliphatic hydroxyl groups is 1. The van der Waals surface area contributed by atoms with Gasteiger partial charge < -0.3 is 14.7 Å². The van der Waals surface area contributed by atoms with Gasteiger partial charge in [-0.15, -0.1) is 0 Å². The number of likely N-dealkylation sites (N-methyl/N-ethyl adjacent to an activating group) is 1. The molecule has 0 saturated heterocycles. The molecule has 0 saturated carbocycles. The number of ether oxygens (including phenoxy) is 1. The molecule has 1 aromatic rings. The van der Waals surface area contributed by atoms with Gasteiger partial charge in [0.1, 0.15) is 16.8 Å². The van der Waals surface area contributed by atoms with E-state index in [-0.39, 0.29) is 0 Å². The van der Waals surface area contributed by atoms with Crippen LogP contribution in [0.25, 0.3) is 0 Å². The van der Waals surface area contributed by atoms with Crippen molar-refractivity contribution >= 4 is 17.4 Å². The molecule has 0 fully saturated rings. The third-order valence-electron chi connectivity index (χ3n) is 2.44. The van der Waals surface area contributed by atoms with E-state index in [2.05, 4.69) is 16.9 Å². The third-order valence-corrected chi connectivity index (χ3v) is 2.63. The van der Waals surface area contributed by atoms with Gasteiger partial charge in [0.2, 0.25) is 0 Å². The minimum Gasteiger partial charge on any atom is -0.389 e. The van der Waals surface area contributed by atoms with E-state index in [1.165, 1.54) is 0 Å². The number of nitrogens with zero attached hydrogens (tertiary/aromatic N) is 3. The number of hydrogen-bond acceptors (Lipinski definition) is 5. The lowest BCUT2D eigenvalue weighted by atomic mass is 10.3. The fourth-order valence-corrected chi connectivity index (χ4v) is 1.83. The smallest absolute Gasteiger partial charge is 0.134 e. The first-order valence-corrected chi connectivity index (χ1v) is 6.36. The third kappa shape index (κ3) is 4.76. The van der Waals surface area contributed by atoms with Crippen LogP contribution < -0.4 is 4.90 Å². The molecule has 1 atom stereocenters. The largest absolute Gasteiger partial charge is 0.389 e. The van der Waals surface area contributed by atoms with E-state index in [9.17, 15) is 5.11 Å². The normalized spacial score (nSPS) is 12.5. The van der Waals surface area contributed by atoms with Gasteiger partial charge in [0, 0.05) is 33.2 Å². The van der Waals surface area contributed by atoms with Crippen LogP contribution in [0.4, 0.5) is 5.82 Å². The monoisotopic (exact) mass is 273 g/mol. The van der Waals surface area contributed by atoms with Gasteiger partial charge in [0.25, 0.3) is 0 Å². The maximum atomic E-state index is 9.68. The Labute approximate surface area is 113 Å². The minimum atomic E-state index is -0.552. The molecule has 1 heterocycles. The van der Waals surface area contributed by atoms with E-state index in [0.29, 0.717) is 24.1 Å². The summed E-state index contributed by atoms with van der Waals surface area (Å²) >= 11 is 5.96. The Balaban J connectivity index is 2.74. The summed E-state index contributed by atoms with van der Waals surface area (Å²) in [5.41, 5.74) is 0. The van der Waals surface area contributed by atoms with Crippen molar-refractivity contribution in [2.24, 2.45) is 0 Å². The minimum absolute atomic E-state index is 0.297. The number of aryl methyl sites for hydroxylation is 1. The van der Waals surface area contributed by atoms with E-state index in [1.807, 2.05) is 11.9 Å². The quantitative estimate of drug-likeness (QED) is 0.764. The molecule has 0 radical (unpaired) electrons. The van der Waals surface area contributed by atoms with Gasteiger partial charge in [-0.3, -0.25) is 0 Å². The summed E-state index contributed by atoms with van der Waals surface area (Å²) in [6.07, 6.45) is 1.21. The summed E-state index contributed by atoms with van der Waals surface area (Å²) in [4.78, 5) is 10.4. The number of hydrogen-bond donors (Lipinski definition) is 1. The average Bonchev–Trinajstić information content (AvgIpc) is 2.28. The molecular weight excluding hydrogens is 254 g/mol. The Hall–Kier alpha value is -0.910. The van der Waals surface area contributed by atoms with Crippen LogP contribution in [0.5, 0.6) is 0 Å². The lowest BCUT2D eigenvalue weighted by Crippen LogP contribution is -2.32. The summed E-state index contributed by atoms with van der Waals surface area (Å²) in [6, 6.07) is 1.69. The Bertz CT molecular complexity index is 376. The van der Waals surface area contributed by atoms with Crippen molar-refractivity contribution in [2.45, 2.75) is 25.9 Å². The van der Waals surface area contributed by atoms with Crippen LogP contribution in [0.2, 0.25) is 5.15 Å². The van der Waals surface area contributed by atoms with Crippen molar-refractivity contribution in [2.75, 3.05) is 32.2 Å². The standard InChI is InChI=1S/C12H20ClN3O2/c1-4-5-11-14-10(13)6-12(15-11)16(2)7-9(17)8-18-3/h6,9,17H,4-5,7-8H2,1-3H3. The zero-order chi connectivity index (χ0) is 13.5. The van der Waals surface area contributed by atoms with Crippen LogP contribution in [-0.2, 0) is 11.2 Å². The second kappa shape index (κ2) is 7.51. The van der Waals surface area contributed by atoms with Crippen molar-refractivity contribution in [1.29, 1.82) is 0 Å².